The molecule has 5 nitrogen and oxygen atoms in total. The number of thioether (sulfide) groups is 1. The van der Waals surface area contributed by atoms with Gasteiger partial charge in [0.2, 0.25) is 5.16 Å². The van der Waals surface area contributed by atoms with E-state index < -0.39 is 0 Å². The van der Waals surface area contributed by atoms with Gasteiger partial charge in [0.1, 0.15) is 12.1 Å². The Balaban J connectivity index is 1.75. The summed E-state index contributed by atoms with van der Waals surface area (Å²) >= 11 is 5.07. The molecule has 0 saturated carbocycles. The van der Waals surface area contributed by atoms with Crippen molar-refractivity contribution in [3.63, 3.8) is 0 Å². The number of benzene rings is 2. The first kappa shape index (κ1) is 17.7. The van der Waals surface area contributed by atoms with Crippen LogP contribution in [0.2, 0.25) is 0 Å². The van der Waals surface area contributed by atoms with Gasteiger partial charge in [0.25, 0.3) is 0 Å². The zero-order valence-electron chi connectivity index (χ0n) is 13.7. The Labute approximate surface area is 159 Å². The van der Waals surface area contributed by atoms with Crippen molar-refractivity contribution in [2.75, 3.05) is 6.61 Å². The van der Waals surface area contributed by atoms with Gasteiger partial charge in [-0.2, -0.15) is 9.78 Å². The van der Waals surface area contributed by atoms with Crippen LogP contribution in [0.25, 0.3) is 0 Å². The molecule has 0 saturated heterocycles. The number of halogens is 1. The summed E-state index contributed by atoms with van der Waals surface area (Å²) in [6, 6.07) is 16.1. The molecular weight excluding hydrogens is 400 g/mol. The Morgan fingerprint density at radius 3 is 2.88 bits per heavy atom. The molecule has 0 atom stereocenters. The minimum absolute atomic E-state index is 0.604. The molecule has 7 heteroatoms. The van der Waals surface area contributed by atoms with Crippen molar-refractivity contribution in [1.82, 2.24) is 14.9 Å². The highest BCUT2D eigenvalue weighted by Crippen LogP contribution is 2.23. The Bertz CT molecular complexity index is 851. The minimum atomic E-state index is 0.604. The molecule has 128 valence electrons. The van der Waals surface area contributed by atoms with Gasteiger partial charge < -0.3 is 4.74 Å². The number of nitrogens with zero attached hydrogens (tertiary/aromatic N) is 4. The molecule has 3 rings (SSSR count). The number of aromatic nitrogens is 3. The van der Waals surface area contributed by atoms with Gasteiger partial charge in [0, 0.05) is 15.8 Å². The van der Waals surface area contributed by atoms with Gasteiger partial charge in [-0.05, 0) is 30.7 Å². The van der Waals surface area contributed by atoms with Crippen LogP contribution in [-0.4, -0.2) is 27.7 Å². The van der Waals surface area contributed by atoms with Crippen LogP contribution < -0.4 is 4.74 Å². The first-order chi connectivity index (χ1) is 12.3. The van der Waals surface area contributed by atoms with Crippen LogP contribution in [-0.2, 0) is 5.75 Å². The van der Waals surface area contributed by atoms with E-state index in [1.807, 2.05) is 43.3 Å². The number of hydrogen-bond acceptors (Lipinski definition) is 5. The SMILES string of the molecule is CCOc1ccc(Br)cc1/C=N/n1cnnc1SCc1ccccc1. The van der Waals surface area contributed by atoms with Crippen LogP contribution >= 0.6 is 27.7 Å². The second-order valence-corrected chi connectivity index (χ2v) is 6.95. The third kappa shape index (κ3) is 4.93. The highest BCUT2D eigenvalue weighted by Gasteiger charge is 2.06. The molecule has 0 N–H and O–H groups in total. The lowest BCUT2D eigenvalue weighted by Crippen LogP contribution is -1.98. The van der Waals surface area contributed by atoms with Crippen LogP contribution in [0.1, 0.15) is 18.1 Å². The van der Waals surface area contributed by atoms with E-state index in [0.717, 1.165) is 26.7 Å². The van der Waals surface area contributed by atoms with Gasteiger partial charge in [-0.1, -0.05) is 58.0 Å². The summed E-state index contributed by atoms with van der Waals surface area (Å²) < 4.78 is 8.28. The van der Waals surface area contributed by atoms with E-state index in [1.54, 1.807) is 29.0 Å². The van der Waals surface area contributed by atoms with Crippen molar-refractivity contribution < 1.29 is 4.74 Å². The lowest BCUT2D eigenvalue weighted by Gasteiger charge is -2.07. The molecule has 2 aromatic carbocycles. The van der Waals surface area contributed by atoms with Crippen molar-refractivity contribution in [2.45, 2.75) is 17.8 Å². The highest BCUT2D eigenvalue weighted by atomic mass is 79.9. The maximum Gasteiger partial charge on any atom is 0.212 e. The van der Waals surface area contributed by atoms with Crippen LogP contribution in [0.5, 0.6) is 5.75 Å². The van der Waals surface area contributed by atoms with Crippen molar-refractivity contribution in [1.29, 1.82) is 0 Å². The Morgan fingerprint density at radius 2 is 2.08 bits per heavy atom. The molecular formula is C18H17BrN4OS. The average Bonchev–Trinajstić information content (AvgIpc) is 3.08. The summed E-state index contributed by atoms with van der Waals surface area (Å²) in [5.74, 6) is 1.61. The fourth-order valence-electron chi connectivity index (χ4n) is 2.15. The van der Waals surface area contributed by atoms with E-state index in [1.165, 1.54) is 5.56 Å². The molecule has 0 spiro atoms. The normalized spacial score (nSPS) is 11.1. The quantitative estimate of drug-likeness (QED) is 0.416. The van der Waals surface area contributed by atoms with E-state index in [9.17, 15) is 0 Å². The molecule has 0 amide bonds. The maximum absolute atomic E-state index is 5.64. The van der Waals surface area contributed by atoms with E-state index in [4.69, 9.17) is 4.74 Å². The Kier molecular flexibility index (Phi) is 6.25. The summed E-state index contributed by atoms with van der Waals surface area (Å²) in [5, 5.41) is 13.3. The molecule has 0 aliphatic carbocycles. The highest BCUT2D eigenvalue weighted by molar-refractivity contribution is 9.10. The van der Waals surface area contributed by atoms with Crippen LogP contribution in [0.3, 0.4) is 0 Å². The van der Waals surface area contributed by atoms with Crippen LogP contribution in [0, 0.1) is 0 Å². The van der Waals surface area contributed by atoms with Crippen molar-refractivity contribution >= 4 is 33.9 Å². The summed E-state index contributed by atoms with van der Waals surface area (Å²) in [7, 11) is 0. The van der Waals surface area contributed by atoms with Crippen molar-refractivity contribution in [3.8, 4) is 5.75 Å². The molecule has 1 heterocycles. The Morgan fingerprint density at radius 1 is 1.24 bits per heavy atom. The maximum atomic E-state index is 5.64. The summed E-state index contributed by atoms with van der Waals surface area (Å²) in [4.78, 5) is 0. The molecule has 0 aliphatic heterocycles. The largest absolute Gasteiger partial charge is 0.493 e. The molecule has 0 unspecified atom stereocenters. The summed E-state index contributed by atoms with van der Waals surface area (Å²) in [5.41, 5.74) is 2.13. The fourth-order valence-corrected chi connectivity index (χ4v) is 3.35. The third-order valence-corrected chi connectivity index (χ3v) is 4.80. The monoisotopic (exact) mass is 416 g/mol. The van der Waals surface area contributed by atoms with Gasteiger partial charge >= 0.3 is 0 Å². The zero-order chi connectivity index (χ0) is 17.5. The van der Waals surface area contributed by atoms with Gasteiger partial charge in [0.05, 0.1) is 12.8 Å². The lowest BCUT2D eigenvalue weighted by molar-refractivity contribution is 0.339. The van der Waals surface area contributed by atoms with Crippen LogP contribution in [0.15, 0.2) is 69.6 Å². The topological polar surface area (TPSA) is 52.3 Å². The van der Waals surface area contributed by atoms with E-state index in [2.05, 4.69) is 43.4 Å². The molecule has 0 aliphatic rings. The smallest absolute Gasteiger partial charge is 0.212 e. The van der Waals surface area contributed by atoms with Gasteiger partial charge in [0.15, 0.2) is 0 Å². The second kappa shape index (κ2) is 8.82. The standard InChI is InChI=1S/C18H17BrN4OS/c1-2-24-17-9-8-16(19)10-15(17)11-21-23-13-20-22-18(23)25-12-14-6-4-3-5-7-14/h3-11,13H,2,12H2,1H3/b21-11+. The lowest BCUT2D eigenvalue weighted by atomic mass is 10.2. The number of ether oxygens (including phenoxy) is 1. The number of rotatable bonds is 7. The molecule has 0 bridgehead atoms. The molecule has 3 aromatic rings. The van der Waals surface area contributed by atoms with E-state index in [-0.39, 0.29) is 0 Å². The zero-order valence-corrected chi connectivity index (χ0v) is 16.1. The van der Waals surface area contributed by atoms with Crippen molar-refractivity contribution in [2.24, 2.45) is 5.10 Å². The van der Waals surface area contributed by atoms with E-state index >= 15 is 0 Å². The average molecular weight is 417 g/mol. The molecule has 1 aromatic heterocycles. The first-order valence-electron chi connectivity index (χ1n) is 7.79. The summed E-state index contributed by atoms with van der Waals surface area (Å²) in [6.07, 6.45) is 3.36. The molecule has 0 radical (unpaired) electrons. The Hall–Kier alpha value is -2.12. The second-order valence-electron chi connectivity index (χ2n) is 5.09. The van der Waals surface area contributed by atoms with Crippen molar-refractivity contribution in [3.05, 3.63) is 70.5 Å². The minimum Gasteiger partial charge on any atom is -0.493 e. The van der Waals surface area contributed by atoms with Gasteiger partial charge in [-0.3, -0.25) is 0 Å². The summed E-state index contributed by atoms with van der Waals surface area (Å²) in [6.45, 7) is 2.56. The van der Waals surface area contributed by atoms with Crippen LogP contribution in [0.4, 0.5) is 0 Å². The molecule has 0 fully saturated rings. The van der Waals surface area contributed by atoms with Gasteiger partial charge in [-0.15, -0.1) is 10.2 Å². The van der Waals surface area contributed by atoms with Gasteiger partial charge in [-0.25, -0.2) is 0 Å². The fraction of sp³-hybridized carbons (Fsp3) is 0.167. The third-order valence-electron chi connectivity index (χ3n) is 3.30. The van der Waals surface area contributed by atoms with E-state index in [0.29, 0.717) is 6.61 Å². The molecule has 25 heavy (non-hydrogen) atoms. The predicted octanol–water partition coefficient (Wildman–Crippen LogP) is 4.61. The predicted molar refractivity (Wildman–Crippen MR) is 104 cm³/mol. The first-order valence-corrected chi connectivity index (χ1v) is 9.57. The number of hydrogen-bond donors (Lipinski definition) is 0.